The van der Waals surface area contributed by atoms with Gasteiger partial charge in [-0.05, 0) is 36.2 Å². The van der Waals surface area contributed by atoms with Crippen molar-refractivity contribution in [2.75, 3.05) is 0 Å². The molecular weight excluding hydrogens is 323 g/mol. The van der Waals surface area contributed by atoms with E-state index in [2.05, 4.69) is 20.4 Å². The van der Waals surface area contributed by atoms with Crippen molar-refractivity contribution in [3.8, 4) is 5.75 Å². The normalized spacial score (nSPS) is 12.3. The molecule has 0 saturated heterocycles. The largest absolute Gasteiger partial charge is 0.573 e. The first kappa shape index (κ1) is 17.6. The molecule has 8 heteroatoms. The highest BCUT2D eigenvalue weighted by Crippen LogP contribution is 2.24. The molecule has 2 rings (SSSR count). The summed E-state index contributed by atoms with van der Waals surface area (Å²) in [4.78, 5) is 15.8. The lowest BCUT2D eigenvalue weighted by molar-refractivity contribution is -0.274. The molecule has 1 atom stereocenters. The van der Waals surface area contributed by atoms with E-state index in [0.717, 1.165) is 5.56 Å². The second-order valence-electron chi connectivity index (χ2n) is 5.03. The summed E-state index contributed by atoms with van der Waals surface area (Å²) in [7, 11) is 0. The first-order valence-corrected chi connectivity index (χ1v) is 7.12. The van der Waals surface area contributed by atoms with Crippen LogP contribution in [-0.4, -0.2) is 17.4 Å². The van der Waals surface area contributed by atoms with E-state index in [9.17, 15) is 18.0 Å². The summed E-state index contributed by atoms with van der Waals surface area (Å²) in [6.07, 6.45) is -1.45. The molecule has 0 radical (unpaired) electrons. The molecule has 2 N–H and O–H groups in total. The lowest BCUT2D eigenvalue weighted by Gasteiger charge is -2.16. The number of nitrogens with zero attached hydrogens (tertiary/aromatic N) is 1. The van der Waals surface area contributed by atoms with E-state index in [1.165, 1.54) is 24.3 Å². The number of hydrogen-bond donors (Lipinski definition) is 2. The minimum atomic E-state index is -4.72. The number of rotatable bonds is 5. The number of ether oxygens (including phenoxy) is 1. The van der Waals surface area contributed by atoms with Gasteiger partial charge in [-0.25, -0.2) is 4.79 Å². The maximum absolute atomic E-state index is 12.1. The molecule has 0 fully saturated rings. The minimum absolute atomic E-state index is 0.306. The number of carbonyl (C=O) groups is 1. The second kappa shape index (κ2) is 7.67. The number of pyridine rings is 1. The number of alkyl halides is 3. The molecule has 0 spiro atoms. The van der Waals surface area contributed by atoms with Crippen LogP contribution in [-0.2, 0) is 6.54 Å². The maximum Gasteiger partial charge on any atom is 0.573 e. The van der Waals surface area contributed by atoms with Gasteiger partial charge in [0.25, 0.3) is 0 Å². The van der Waals surface area contributed by atoms with Gasteiger partial charge in [0.15, 0.2) is 0 Å². The Kier molecular flexibility index (Phi) is 5.62. The third kappa shape index (κ3) is 5.79. The van der Waals surface area contributed by atoms with E-state index < -0.39 is 6.36 Å². The zero-order valence-corrected chi connectivity index (χ0v) is 12.8. The van der Waals surface area contributed by atoms with Crippen molar-refractivity contribution in [2.45, 2.75) is 25.9 Å². The van der Waals surface area contributed by atoms with Crippen molar-refractivity contribution in [3.63, 3.8) is 0 Å². The monoisotopic (exact) mass is 339 g/mol. The molecular formula is C16H16F3N3O2. The van der Waals surface area contributed by atoms with Crippen molar-refractivity contribution in [1.29, 1.82) is 0 Å². The number of carbonyl (C=O) groups excluding carboxylic acids is 1. The number of halogens is 3. The number of amides is 2. The fourth-order valence-corrected chi connectivity index (χ4v) is 1.97. The van der Waals surface area contributed by atoms with E-state index in [1.807, 2.05) is 6.07 Å². The highest BCUT2D eigenvalue weighted by Gasteiger charge is 2.31. The van der Waals surface area contributed by atoms with Crippen molar-refractivity contribution < 1.29 is 22.7 Å². The summed E-state index contributed by atoms with van der Waals surface area (Å²) in [5.74, 6) is -0.306. The van der Waals surface area contributed by atoms with Crippen LogP contribution in [0.15, 0.2) is 48.8 Å². The van der Waals surface area contributed by atoms with Crippen LogP contribution in [0.3, 0.4) is 0 Å². The van der Waals surface area contributed by atoms with Gasteiger partial charge in [-0.3, -0.25) is 4.98 Å². The van der Waals surface area contributed by atoms with Crippen molar-refractivity contribution in [1.82, 2.24) is 15.6 Å². The van der Waals surface area contributed by atoms with E-state index in [4.69, 9.17) is 0 Å². The fraction of sp³-hybridized carbons (Fsp3) is 0.250. The van der Waals surface area contributed by atoms with Crippen molar-refractivity contribution in [2.24, 2.45) is 0 Å². The molecule has 128 valence electrons. The summed E-state index contributed by atoms with van der Waals surface area (Å²) in [5, 5.41) is 5.38. The van der Waals surface area contributed by atoms with E-state index >= 15 is 0 Å². The zero-order valence-electron chi connectivity index (χ0n) is 12.8. The van der Waals surface area contributed by atoms with Crippen LogP contribution in [0, 0.1) is 0 Å². The van der Waals surface area contributed by atoms with Crippen molar-refractivity contribution in [3.05, 3.63) is 59.9 Å². The topological polar surface area (TPSA) is 63.2 Å². The van der Waals surface area contributed by atoms with Crippen LogP contribution >= 0.6 is 0 Å². The Labute approximate surface area is 136 Å². The molecule has 24 heavy (non-hydrogen) atoms. The van der Waals surface area contributed by atoms with Crippen LogP contribution in [0.25, 0.3) is 0 Å². The van der Waals surface area contributed by atoms with Gasteiger partial charge in [0.05, 0.1) is 6.04 Å². The summed E-state index contributed by atoms with van der Waals surface area (Å²) in [5.41, 5.74) is 1.51. The molecule has 5 nitrogen and oxygen atoms in total. The average Bonchev–Trinajstić information content (AvgIpc) is 2.53. The second-order valence-corrected chi connectivity index (χ2v) is 5.03. The maximum atomic E-state index is 12.1. The van der Waals surface area contributed by atoms with Gasteiger partial charge in [0, 0.05) is 18.9 Å². The molecule has 1 aromatic heterocycles. The molecule has 2 aromatic rings. The highest BCUT2D eigenvalue weighted by atomic mass is 19.4. The van der Waals surface area contributed by atoms with Gasteiger partial charge in [0.2, 0.25) is 0 Å². The number of aromatic nitrogens is 1. The molecule has 0 aliphatic rings. The molecule has 0 saturated carbocycles. The van der Waals surface area contributed by atoms with Crippen LogP contribution in [0.4, 0.5) is 18.0 Å². The quantitative estimate of drug-likeness (QED) is 0.876. The number of urea groups is 1. The summed E-state index contributed by atoms with van der Waals surface area (Å²) >= 11 is 0. The summed E-state index contributed by atoms with van der Waals surface area (Å²) in [6.45, 7) is 2.05. The SMILES string of the molecule is CC(NC(=O)NCc1cccnc1)c1ccc(OC(F)(F)F)cc1. The third-order valence-electron chi connectivity index (χ3n) is 3.14. The molecule has 0 bridgehead atoms. The van der Waals surface area contributed by atoms with Crippen LogP contribution < -0.4 is 15.4 Å². The standard InChI is InChI=1S/C16H16F3N3O2/c1-11(13-4-6-14(7-5-13)24-16(17,18)19)22-15(23)21-10-12-3-2-8-20-9-12/h2-9,11H,10H2,1H3,(H2,21,22,23). The fourth-order valence-electron chi connectivity index (χ4n) is 1.97. The molecule has 0 aliphatic carbocycles. The van der Waals surface area contributed by atoms with Gasteiger partial charge < -0.3 is 15.4 Å². The van der Waals surface area contributed by atoms with Gasteiger partial charge in [-0.15, -0.1) is 13.2 Å². The first-order valence-electron chi connectivity index (χ1n) is 7.12. The Morgan fingerprint density at radius 3 is 2.54 bits per heavy atom. The number of benzene rings is 1. The Balaban J connectivity index is 1.85. The molecule has 1 unspecified atom stereocenters. The van der Waals surface area contributed by atoms with E-state index in [-0.39, 0.29) is 17.8 Å². The predicted molar refractivity (Wildman–Crippen MR) is 81.1 cm³/mol. The van der Waals surface area contributed by atoms with Gasteiger partial charge in [-0.2, -0.15) is 0 Å². The predicted octanol–water partition coefficient (Wildman–Crippen LogP) is 3.54. The molecule has 0 aliphatic heterocycles. The molecule has 1 aromatic carbocycles. The Hall–Kier alpha value is -2.77. The first-order chi connectivity index (χ1) is 11.3. The minimum Gasteiger partial charge on any atom is -0.406 e. The molecule has 2 amide bonds. The number of nitrogens with one attached hydrogen (secondary N) is 2. The smallest absolute Gasteiger partial charge is 0.406 e. The lowest BCUT2D eigenvalue weighted by Crippen LogP contribution is -2.36. The Morgan fingerprint density at radius 2 is 1.96 bits per heavy atom. The molecule has 1 heterocycles. The summed E-state index contributed by atoms with van der Waals surface area (Å²) < 4.78 is 40.1. The zero-order chi connectivity index (χ0) is 17.6. The van der Waals surface area contributed by atoms with Crippen molar-refractivity contribution >= 4 is 6.03 Å². The average molecular weight is 339 g/mol. The summed E-state index contributed by atoms with van der Waals surface area (Å²) in [6, 6.07) is 8.17. The van der Waals surface area contributed by atoms with Gasteiger partial charge in [-0.1, -0.05) is 18.2 Å². The highest BCUT2D eigenvalue weighted by molar-refractivity contribution is 5.74. The van der Waals surface area contributed by atoms with E-state index in [0.29, 0.717) is 12.1 Å². The van der Waals surface area contributed by atoms with Crippen LogP contribution in [0.5, 0.6) is 5.75 Å². The Morgan fingerprint density at radius 1 is 1.25 bits per heavy atom. The Bertz CT molecular complexity index is 661. The van der Waals surface area contributed by atoms with Gasteiger partial charge >= 0.3 is 12.4 Å². The lowest BCUT2D eigenvalue weighted by atomic mass is 10.1. The van der Waals surface area contributed by atoms with Crippen LogP contribution in [0.2, 0.25) is 0 Å². The third-order valence-corrected chi connectivity index (χ3v) is 3.14. The van der Waals surface area contributed by atoms with E-state index in [1.54, 1.807) is 25.4 Å². The van der Waals surface area contributed by atoms with Gasteiger partial charge in [0.1, 0.15) is 5.75 Å². The number of hydrogen-bond acceptors (Lipinski definition) is 3. The van der Waals surface area contributed by atoms with Crippen LogP contribution in [0.1, 0.15) is 24.1 Å².